The van der Waals surface area contributed by atoms with Crippen LogP contribution in [0.3, 0.4) is 0 Å². The highest BCUT2D eigenvalue weighted by Gasteiger charge is 2.19. The fourth-order valence-electron chi connectivity index (χ4n) is 8.50. The average Bonchev–Trinajstić information content (AvgIpc) is 3.90. The highest BCUT2D eigenvalue weighted by Crippen LogP contribution is 2.41. The Morgan fingerprint density at radius 2 is 0.915 bits per heavy atom. The van der Waals surface area contributed by atoms with Crippen molar-refractivity contribution in [2.24, 2.45) is 0 Å². The number of aromatic nitrogens is 4. The number of hydrogen-bond donors (Lipinski definition) is 0. The van der Waals surface area contributed by atoms with E-state index in [9.17, 15) is 0 Å². The number of benzene rings is 7. The van der Waals surface area contributed by atoms with Gasteiger partial charge in [-0.25, -0.2) is 0 Å². The fraction of sp³-hybridized carbons (Fsp3) is 0. The van der Waals surface area contributed by atoms with Crippen LogP contribution < -0.4 is 4.90 Å². The van der Waals surface area contributed by atoms with Gasteiger partial charge in [0.25, 0.3) is 0 Å². The van der Waals surface area contributed by atoms with Gasteiger partial charge in [0.2, 0.25) is 0 Å². The van der Waals surface area contributed by atoms with Crippen molar-refractivity contribution in [3.8, 4) is 44.9 Å². The van der Waals surface area contributed by atoms with Gasteiger partial charge in [-0.05, 0) is 138 Å². The van der Waals surface area contributed by atoms with Crippen molar-refractivity contribution < 1.29 is 0 Å². The average molecular weight is 756 g/mol. The van der Waals surface area contributed by atoms with Crippen LogP contribution in [0.5, 0.6) is 0 Å². The monoisotopic (exact) mass is 755 g/mol. The first-order valence-electron chi connectivity index (χ1n) is 19.9. The molecule has 4 aromatic heterocycles. The minimum atomic E-state index is 0.954. The molecule has 7 aromatic carbocycles. The largest absolute Gasteiger partial charge is 0.317 e. The van der Waals surface area contributed by atoms with Crippen LogP contribution in [0.4, 0.5) is 17.1 Å². The molecule has 0 saturated carbocycles. The Labute approximate surface area is 342 Å². The van der Waals surface area contributed by atoms with Crippen molar-refractivity contribution >= 4 is 49.8 Å². The van der Waals surface area contributed by atoms with E-state index in [1.807, 2.05) is 48.9 Å². The lowest BCUT2D eigenvalue weighted by Crippen LogP contribution is -2.09. The highest BCUT2D eigenvalue weighted by molar-refractivity contribution is 6.21. The van der Waals surface area contributed by atoms with Crippen LogP contribution >= 0.6 is 0 Å². The van der Waals surface area contributed by atoms with E-state index in [0.29, 0.717) is 0 Å². The van der Waals surface area contributed by atoms with Gasteiger partial charge in [-0.2, -0.15) is 0 Å². The van der Waals surface area contributed by atoms with E-state index >= 15 is 0 Å². The first-order valence-corrected chi connectivity index (χ1v) is 19.9. The quantitative estimate of drug-likeness (QED) is 0.155. The number of anilines is 3. The summed E-state index contributed by atoms with van der Waals surface area (Å²) < 4.78 is 4.68. The molecule has 0 unspecified atom stereocenters. The summed E-state index contributed by atoms with van der Waals surface area (Å²) in [6.45, 7) is 0. The number of nitrogens with zero attached hydrogens (tertiary/aromatic N) is 5. The molecule has 278 valence electrons. The molecule has 0 spiro atoms. The smallest absolute Gasteiger partial charge is 0.0701 e. The number of rotatable bonds is 8. The molecular formula is C54H37N5. The molecule has 4 heterocycles. The maximum absolute atomic E-state index is 4.58. The number of hydrogen-bond acceptors (Lipinski definition) is 3. The van der Waals surface area contributed by atoms with Crippen molar-refractivity contribution in [3.05, 3.63) is 225 Å². The van der Waals surface area contributed by atoms with Crippen LogP contribution in [0.1, 0.15) is 0 Å². The van der Waals surface area contributed by atoms with E-state index in [0.717, 1.165) is 56.4 Å². The summed E-state index contributed by atoms with van der Waals surface area (Å²) in [5.74, 6) is 0. The molecule has 0 aliphatic carbocycles. The third-order valence-corrected chi connectivity index (χ3v) is 11.3. The van der Waals surface area contributed by atoms with E-state index in [1.54, 1.807) is 0 Å². The maximum atomic E-state index is 4.58. The zero-order chi connectivity index (χ0) is 39.1. The fourth-order valence-corrected chi connectivity index (χ4v) is 8.50. The van der Waals surface area contributed by atoms with E-state index in [1.165, 1.54) is 38.3 Å². The Balaban J connectivity index is 1.02. The third-order valence-electron chi connectivity index (χ3n) is 11.3. The lowest BCUT2D eigenvalue weighted by Gasteiger charge is -2.26. The molecule has 0 aliphatic heterocycles. The summed E-state index contributed by atoms with van der Waals surface area (Å²) in [5, 5.41) is 3.72. The van der Waals surface area contributed by atoms with Gasteiger partial charge in [-0.3, -0.25) is 9.97 Å². The lowest BCUT2D eigenvalue weighted by atomic mass is 10.0. The minimum absolute atomic E-state index is 0.954. The molecule has 0 aliphatic rings. The zero-order valence-corrected chi connectivity index (χ0v) is 32.1. The van der Waals surface area contributed by atoms with Crippen LogP contribution in [-0.4, -0.2) is 19.1 Å². The predicted octanol–water partition coefficient (Wildman–Crippen LogP) is 14.0. The van der Waals surface area contributed by atoms with Gasteiger partial charge >= 0.3 is 0 Å². The van der Waals surface area contributed by atoms with Gasteiger partial charge in [-0.1, -0.05) is 84.9 Å². The van der Waals surface area contributed by atoms with Crippen molar-refractivity contribution in [2.75, 3.05) is 4.90 Å². The van der Waals surface area contributed by atoms with Crippen molar-refractivity contribution in [2.45, 2.75) is 0 Å². The molecular weight excluding hydrogens is 719 g/mol. The summed E-state index contributed by atoms with van der Waals surface area (Å²) in [6, 6.07) is 71.4. The second-order valence-corrected chi connectivity index (χ2v) is 14.7. The molecule has 5 heteroatoms. The predicted molar refractivity (Wildman–Crippen MR) is 244 cm³/mol. The van der Waals surface area contributed by atoms with Gasteiger partial charge in [0.1, 0.15) is 0 Å². The highest BCUT2D eigenvalue weighted by atomic mass is 15.1. The van der Waals surface area contributed by atoms with Crippen molar-refractivity contribution in [1.29, 1.82) is 0 Å². The van der Waals surface area contributed by atoms with Crippen LogP contribution in [0.15, 0.2) is 225 Å². The lowest BCUT2D eigenvalue weighted by molar-refractivity contribution is 1.13. The normalized spacial score (nSPS) is 11.4. The minimum Gasteiger partial charge on any atom is -0.317 e. The zero-order valence-electron chi connectivity index (χ0n) is 32.1. The molecule has 0 fully saturated rings. The molecule has 0 atom stereocenters. The SMILES string of the molecule is c1ccc(-n2ccc3c4c5cc(-c6ccc(N(c7ccc(-c8ccncc8)cc7)c7ccc(-c8ccccn8)cc7)cc6)ccc5n(-c5ccccc5)c4ccc32)cc1. The molecule has 0 saturated heterocycles. The summed E-state index contributed by atoms with van der Waals surface area (Å²) in [7, 11) is 0. The van der Waals surface area contributed by atoms with Crippen LogP contribution in [0.2, 0.25) is 0 Å². The second-order valence-electron chi connectivity index (χ2n) is 14.7. The number of para-hydroxylation sites is 2. The van der Waals surface area contributed by atoms with Gasteiger partial charge in [0.15, 0.2) is 0 Å². The summed E-state index contributed by atoms with van der Waals surface area (Å²) in [6.07, 6.45) is 7.70. The molecule has 0 radical (unpaired) electrons. The van der Waals surface area contributed by atoms with Gasteiger partial charge in [0, 0.05) is 74.9 Å². The third kappa shape index (κ3) is 6.13. The molecule has 5 nitrogen and oxygen atoms in total. The van der Waals surface area contributed by atoms with Crippen LogP contribution in [-0.2, 0) is 0 Å². The Hall–Kier alpha value is -8.02. The summed E-state index contributed by atoms with van der Waals surface area (Å²) in [5.41, 5.74) is 15.7. The molecule has 11 aromatic rings. The Bertz CT molecular complexity index is 3130. The maximum Gasteiger partial charge on any atom is 0.0701 e. The van der Waals surface area contributed by atoms with Gasteiger partial charge in [0.05, 0.1) is 22.2 Å². The topological polar surface area (TPSA) is 38.9 Å². The molecule has 0 bridgehead atoms. The summed E-state index contributed by atoms with van der Waals surface area (Å²) in [4.78, 5) is 11.1. The Morgan fingerprint density at radius 1 is 0.373 bits per heavy atom. The van der Waals surface area contributed by atoms with E-state index in [4.69, 9.17) is 0 Å². The molecule has 59 heavy (non-hydrogen) atoms. The van der Waals surface area contributed by atoms with Crippen molar-refractivity contribution in [1.82, 2.24) is 19.1 Å². The first kappa shape index (κ1) is 34.2. The number of pyridine rings is 2. The van der Waals surface area contributed by atoms with Gasteiger partial charge in [-0.15, -0.1) is 0 Å². The molecule has 11 rings (SSSR count). The van der Waals surface area contributed by atoms with Crippen LogP contribution in [0, 0.1) is 0 Å². The Kier molecular flexibility index (Phi) is 8.41. The van der Waals surface area contributed by atoms with E-state index in [-0.39, 0.29) is 0 Å². The second kappa shape index (κ2) is 14.5. The summed E-state index contributed by atoms with van der Waals surface area (Å²) >= 11 is 0. The molecule has 0 amide bonds. The van der Waals surface area contributed by atoms with E-state index in [2.05, 4.69) is 200 Å². The standard InChI is InChI=1S/C54H37N5/c1-3-9-43(10-4-1)57-36-32-48-51(57)28-29-53-54(48)49-37-42(20-27-52(49)59(53)44-11-5-2-6-12-44)39-16-23-46(24-17-39)58(45-21-14-38(15-22-45)40-30-34-55-35-31-40)47-25-18-41(19-26-47)50-13-7-8-33-56-50/h1-37H. The Morgan fingerprint density at radius 3 is 1.56 bits per heavy atom. The molecule has 0 N–H and O–H groups in total. The van der Waals surface area contributed by atoms with Gasteiger partial charge < -0.3 is 14.0 Å². The van der Waals surface area contributed by atoms with Crippen LogP contribution in [0.25, 0.3) is 77.6 Å². The van der Waals surface area contributed by atoms with Crippen molar-refractivity contribution in [3.63, 3.8) is 0 Å². The first-order chi connectivity index (χ1) is 29.3. The van der Waals surface area contributed by atoms with E-state index < -0.39 is 0 Å². The number of fused-ring (bicyclic) bond motifs is 5.